The average molecular weight is 393 g/mol. The molecule has 126 valence electrons. The molecule has 0 atom stereocenters. The molecule has 0 saturated heterocycles. The molecule has 6 nitrogen and oxygen atoms in total. The number of benzene rings is 1. The van der Waals surface area contributed by atoms with Gasteiger partial charge in [-0.15, -0.1) is 4.40 Å². The molecule has 0 aliphatic carbocycles. The van der Waals surface area contributed by atoms with Gasteiger partial charge >= 0.3 is 0 Å². The Morgan fingerprint density at radius 2 is 1.84 bits per heavy atom. The molecular formula is C16H10Cl2N4O2S. The maximum Gasteiger partial charge on any atom is 0.278 e. The summed E-state index contributed by atoms with van der Waals surface area (Å²) in [6.07, 6.45) is 7.96. The summed E-state index contributed by atoms with van der Waals surface area (Å²) in [7, 11) is -3.64. The molecule has 0 radical (unpaired) electrons. The number of allylic oxidation sites excluding steroid dienone is 2. The lowest BCUT2D eigenvalue weighted by molar-refractivity contribution is 0.602. The minimum Gasteiger partial charge on any atom is -0.305 e. The quantitative estimate of drug-likeness (QED) is 0.783. The first-order valence-electron chi connectivity index (χ1n) is 7.13. The summed E-state index contributed by atoms with van der Waals surface area (Å²) >= 11 is 12.0. The SMILES string of the molecule is O=S1(=O)C=CN2C=C(Cl)C=C(c3ccc(-n4cc(Cl)cn4)cc3)C2=N1. The molecule has 3 heterocycles. The molecule has 1 aromatic heterocycles. The summed E-state index contributed by atoms with van der Waals surface area (Å²) in [5.74, 6) is 0.307. The van der Waals surface area contributed by atoms with Crippen LogP contribution in [0.5, 0.6) is 0 Å². The van der Waals surface area contributed by atoms with Gasteiger partial charge in [0.1, 0.15) is 0 Å². The van der Waals surface area contributed by atoms with Crippen molar-refractivity contribution in [3.8, 4) is 5.69 Å². The molecule has 2 aliphatic heterocycles. The summed E-state index contributed by atoms with van der Waals surface area (Å²) in [5, 5.41) is 6.19. The number of fused-ring (bicyclic) bond motifs is 1. The fourth-order valence-corrected chi connectivity index (χ4v) is 3.65. The van der Waals surface area contributed by atoms with Gasteiger partial charge in [-0.25, -0.2) is 4.68 Å². The predicted octanol–water partition coefficient (Wildman–Crippen LogP) is 3.52. The molecule has 0 amide bonds. The lowest BCUT2D eigenvalue weighted by Crippen LogP contribution is -2.28. The van der Waals surface area contributed by atoms with Crippen molar-refractivity contribution in [3.63, 3.8) is 0 Å². The lowest BCUT2D eigenvalue weighted by Gasteiger charge is -2.26. The first kappa shape index (κ1) is 16.1. The zero-order valence-corrected chi connectivity index (χ0v) is 14.9. The van der Waals surface area contributed by atoms with E-state index in [0.717, 1.165) is 16.7 Å². The van der Waals surface area contributed by atoms with E-state index in [9.17, 15) is 8.42 Å². The van der Waals surface area contributed by atoms with Crippen molar-refractivity contribution in [3.05, 3.63) is 76.2 Å². The van der Waals surface area contributed by atoms with Gasteiger partial charge in [0.2, 0.25) is 0 Å². The van der Waals surface area contributed by atoms with Crippen LogP contribution in [-0.2, 0) is 10.0 Å². The summed E-state index contributed by atoms with van der Waals surface area (Å²) in [4.78, 5) is 1.58. The van der Waals surface area contributed by atoms with Crippen LogP contribution < -0.4 is 0 Å². The largest absolute Gasteiger partial charge is 0.305 e. The Morgan fingerprint density at radius 1 is 1.08 bits per heavy atom. The molecule has 0 bridgehead atoms. The fraction of sp³-hybridized carbons (Fsp3) is 0. The van der Waals surface area contributed by atoms with Crippen molar-refractivity contribution >= 4 is 44.6 Å². The second-order valence-electron chi connectivity index (χ2n) is 5.34. The summed E-state index contributed by atoms with van der Waals surface area (Å²) in [5.41, 5.74) is 2.22. The lowest BCUT2D eigenvalue weighted by atomic mass is 10.0. The molecule has 0 saturated carbocycles. The van der Waals surface area contributed by atoms with Crippen molar-refractivity contribution in [1.29, 1.82) is 0 Å². The van der Waals surface area contributed by atoms with Gasteiger partial charge in [-0.2, -0.15) is 13.5 Å². The van der Waals surface area contributed by atoms with Crippen LogP contribution in [0.2, 0.25) is 5.02 Å². The van der Waals surface area contributed by atoms with Crippen LogP contribution in [0.3, 0.4) is 0 Å². The minimum atomic E-state index is -3.64. The number of hydrogen-bond donors (Lipinski definition) is 0. The van der Waals surface area contributed by atoms with Crippen molar-refractivity contribution in [2.24, 2.45) is 4.40 Å². The predicted molar refractivity (Wildman–Crippen MR) is 97.8 cm³/mol. The molecule has 0 unspecified atom stereocenters. The highest BCUT2D eigenvalue weighted by Gasteiger charge is 2.25. The third-order valence-corrected chi connectivity index (χ3v) is 4.93. The van der Waals surface area contributed by atoms with Crippen LogP contribution in [-0.4, -0.2) is 28.9 Å². The van der Waals surface area contributed by atoms with Crippen LogP contribution in [0.4, 0.5) is 0 Å². The molecule has 9 heteroatoms. The van der Waals surface area contributed by atoms with Crippen molar-refractivity contribution < 1.29 is 8.42 Å². The zero-order valence-electron chi connectivity index (χ0n) is 12.5. The second kappa shape index (κ2) is 5.87. The molecule has 0 spiro atoms. The van der Waals surface area contributed by atoms with Crippen LogP contribution in [0.1, 0.15) is 5.56 Å². The first-order chi connectivity index (χ1) is 11.9. The van der Waals surface area contributed by atoms with Gasteiger partial charge in [-0.1, -0.05) is 35.3 Å². The molecule has 25 heavy (non-hydrogen) atoms. The zero-order chi connectivity index (χ0) is 17.6. The Balaban J connectivity index is 1.75. The van der Waals surface area contributed by atoms with Gasteiger partial charge < -0.3 is 4.90 Å². The van der Waals surface area contributed by atoms with Crippen molar-refractivity contribution in [1.82, 2.24) is 14.7 Å². The van der Waals surface area contributed by atoms with Crippen LogP contribution in [0.25, 0.3) is 11.3 Å². The molecule has 4 rings (SSSR count). The van der Waals surface area contributed by atoms with Crippen LogP contribution in [0, 0.1) is 0 Å². The summed E-state index contributed by atoms with van der Waals surface area (Å²) in [6.45, 7) is 0. The maximum atomic E-state index is 11.8. The van der Waals surface area contributed by atoms with E-state index in [1.54, 1.807) is 34.3 Å². The van der Waals surface area contributed by atoms with Crippen LogP contribution in [0.15, 0.2) is 70.0 Å². The summed E-state index contributed by atoms with van der Waals surface area (Å²) < 4.78 is 29.1. The number of rotatable bonds is 2. The Labute approximate surface area is 154 Å². The smallest absolute Gasteiger partial charge is 0.278 e. The van der Waals surface area contributed by atoms with E-state index in [0.29, 0.717) is 21.5 Å². The van der Waals surface area contributed by atoms with Gasteiger partial charge in [0.25, 0.3) is 10.0 Å². The maximum absolute atomic E-state index is 11.8. The average Bonchev–Trinajstić information content (AvgIpc) is 3.01. The monoisotopic (exact) mass is 392 g/mol. The van der Waals surface area contributed by atoms with E-state index >= 15 is 0 Å². The Hall–Kier alpha value is -2.35. The number of aromatic nitrogens is 2. The van der Waals surface area contributed by atoms with Gasteiger partial charge in [-0.05, 0) is 23.8 Å². The van der Waals surface area contributed by atoms with Gasteiger partial charge in [0, 0.05) is 24.2 Å². The topological polar surface area (TPSA) is 67.6 Å². The first-order valence-corrected chi connectivity index (χ1v) is 9.39. The molecule has 0 N–H and O–H groups in total. The Morgan fingerprint density at radius 3 is 2.52 bits per heavy atom. The van der Waals surface area contributed by atoms with Gasteiger partial charge in [0.05, 0.1) is 27.3 Å². The van der Waals surface area contributed by atoms with Gasteiger partial charge in [-0.3, -0.25) is 0 Å². The number of amidine groups is 1. The Bertz CT molecular complexity index is 1080. The highest BCUT2D eigenvalue weighted by Crippen LogP contribution is 2.30. The van der Waals surface area contributed by atoms with E-state index in [1.807, 2.05) is 24.3 Å². The fourth-order valence-electron chi connectivity index (χ4n) is 2.52. The molecular weight excluding hydrogens is 383 g/mol. The number of hydrogen-bond acceptors (Lipinski definition) is 4. The third-order valence-electron chi connectivity index (χ3n) is 3.63. The number of nitrogens with zero attached hydrogens (tertiary/aromatic N) is 4. The second-order valence-corrected chi connectivity index (χ2v) is 7.70. The van der Waals surface area contributed by atoms with Gasteiger partial charge in [0.15, 0.2) is 5.84 Å². The highest BCUT2D eigenvalue weighted by molar-refractivity contribution is 7.93. The Kier molecular flexibility index (Phi) is 3.79. The number of sulfonamides is 1. The normalized spacial score (nSPS) is 18.3. The van der Waals surface area contributed by atoms with Crippen LogP contribution >= 0.6 is 23.2 Å². The highest BCUT2D eigenvalue weighted by atomic mass is 35.5. The molecule has 2 aliphatic rings. The van der Waals surface area contributed by atoms with E-state index in [1.165, 1.54) is 6.20 Å². The van der Waals surface area contributed by atoms with E-state index in [2.05, 4.69) is 9.50 Å². The van der Waals surface area contributed by atoms with Crippen molar-refractivity contribution in [2.45, 2.75) is 0 Å². The number of halogens is 2. The third kappa shape index (κ3) is 3.13. The summed E-state index contributed by atoms with van der Waals surface area (Å²) in [6, 6.07) is 7.39. The van der Waals surface area contributed by atoms with E-state index in [-0.39, 0.29) is 0 Å². The molecule has 2 aromatic rings. The standard InChI is InChI=1S/C16H10Cl2N4O2S/c17-12-7-15(16-20-25(23,24)6-5-21(16)9-12)11-1-3-14(4-2-11)22-10-13(18)8-19-22/h1-10H. The van der Waals surface area contributed by atoms with E-state index in [4.69, 9.17) is 23.2 Å². The van der Waals surface area contributed by atoms with Crippen molar-refractivity contribution in [2.75, 3.05) is 0 Å². The van der Waals surface area contributed by atoms with E-state index < -0.39 is 10.0 Å². The molecule has 0 fully saturated rings. The minimum absolute atomic E-state index is 0.307. The molecule has 1 aromatic carbocycles.